The highest BCUT2D eigenvalue weighted by atomic mass is 35.5. The Morgan fingerprint density at radius 2 is 1.73 bits per heavy atom. The van der Waals surface area contributed by atoms with E-state index in [1.807, 2.05) is 41.3 Å². The average molecular weight is 317 g/mol. The van der Waals surface area contributed by atoms with Crippen molar-refractivity contribution >= 4 is 29.7 Å². The van der Waals surface area contributed by atoms with E-state index in [0.29, 0.717) is 6.54 Å². The molecule has 0 saturated carbocycles. The summed E-state index contributed by atoms with van der Waals surface area (Å²) in [4.78, 5) is 14.5. The van der Waals surface area contributed by atoms with E-state index in [-0.39, 0.29) is 18.3 Å². The number of rotatable bonds is 3. The summed E-state index contributed by atoms with van der Waals surface area (Å²) in [7, 11) is 0. The molecule has 0 aromatic heterocycles. The maximum atomic E-state index is 12.6. The molecule has 1 N–H and O–H groups in total. The van der Waals surface area contributed by atoms with Gasteiger partial charge in [-0.15, -0.1) is 12.4 Å². The Hall–Kier alpha value is -2.00. The highest BCUT2D eigenvalue weighted by Crippen LogP contribution is 2.26. The van der Waals surface area contributed by atoms with Gasteiger partial charge in [0.15, 0.2) is 0 Å². The van der Waals surface area contributed by atoms with Gasteiger partial charge in [0.1, 0.15) is 0 Å². The smallest absolute Gasteiger partial charge is 0.246 e. The summed E-state index contributed by atoms with van der Waals surface area (Å²) in [6.45, 7) is 1.14. The number of para-hydroxylation sites is 2. The first kappa shape index (κ1) is 16.4. The third-order valence-corrected chi connectivity index (χ3v) is 3.88. The predicted octanol–water partition coefficient (Wildman–Crippen LogP) is 3.89. The second kappa shape index (κ2) is 7.85. The molecule has 3 nitrogen and oxygen atoms in total. The van der Waals surface area contributed by atoms with Crippen LogP contribution in [-0.2, 0) is 11.2 Å². The summed E-state index contributed by atoms with van der Waals surface area (Å²) in [5.74, 6) is 0.133. The van der Waals surface area contributed by atoms with Crippen molar-refractivity contribution in [2.45, 2.75) is 19.3 Å². The van der Waals surface area contributed by atoms with Crippen molar-refractivity contribution < 1.29 is 4.79 Å². The van der Waals surface area contributed by atoms with Crippen molar-refractivity contribution in [3.8, 4) is 0 Å². The van der Waals surface area contributed by atoms with Crippen LogP contribution in [0.4, 0.5) is 11.4 Å². The molecule has 22 heavy (non-hydrogen) atoms. The van der Waals surface area contributed by atoms with E-state index in [9.17, 15) is 4.79 Å². The number of hydrogen-bond donors (Lipinski definition) is 1. The van der Waals surface area contributed by atoms with Crippen LogP contribution in [0.1, 0.15) is 18.4 Å². The van der Waals surface area contributed by atoms with Crippen LogP contribution in [0.2, 0.25) is 0 Å². The molecule has 4 heteroatoms. The number of benzene rings is 2. The third-order valence-electron chi connectivity index (χ3n) is 3.88. The lowest BCUT2D eigenvalue weighted by Crippen LogP contribution is -2.36. The van der Waals surface area contributed by atoms with Crippen LogP contribution >= 0.6 is 12.4 Å². The molecule has 0 fully saturated rings. The number of amides is 1. The Kier molecular flexibility index (Phi) is 5.84. The topological polar surface area (TPSA) is 32.3 Å². The minimum Gasteiger partial charge on any atom is -0.376 e. The summed E-state index contributed by atoms with van der Waals surface area (Å²) < 4.78 is 0. The van der Waals surface area contributed by atoms with Crippen LogP contribution in [0, 0.1) is 0 Å². The van der Waals surface area contributed by atoms with Crippen LogP contribution in [0.25, 0.3) is 0 Å². The number of carbonyl (C=O) groups is 1. The summed E-state index contributed by atoms with van der Waals surface area (Å²) in [6, 6.07) is 18.1. The summed E-state index contributed by atoms with van der Waals surface area (Å²) >= 11 is 0. The summed E-state index contributed by atoms with van der Waals surface area (Å²) in [6.07, 6.45) is 3.27. The maximum Gasteiger partial charge on any atom is 0.246 e. The molecule has 0 spiro atoms. The minimum atomic E-state index is 0. The number of nitrogens with one attached hydrogen (secondary N) is 1. The zero-order valence-electron chi connectivity index (χ0n) is 12.5. The van der Waals surface area contributed by atoms with E-state index in [2.05, 4.69) is 23.5 Å². The Balaban J connectivity index is 0.00000176. The number of fused-ring (bicyclic) bond motifs is 1. The van der Waals surface area contributed by atoms with Gasteiger partial charge >= 0.3 is 0 Å². The highest BCUT2D eigenvalue weighted by Gasteiger charge is 2.20. The number of aryl methyl sites for hydroxylation is 1. The van der Waals surface area contributed by atoms with Gasteiger partial charge in [-0.2, -0.15) is 0 Å². The first-order valence-electron chi connectivity index (χ1n) is 7.52. The van der Waals surface area contributed by atoms with E-state index >= 15 is 0 Å². The standard InChI is InChI=1S/C18H20N2O.ClH/c21-18(14-19-16-10-2-1-3-11-16)20-13-7-6-9-15-8-4-5-12-17(15)20;/h1-5,8,10-12,19H,6-7,9,13-14H2;1H. The first-order chi connectivity index (χ1) is 10.3. The molecule has 2 aromatic carbocycles. The number of anilines is 2. The Morgan fingerprint density at radius 1 is 1.00 bits per heavy atom. The molecule has 2 aromatic rings. The van der Waals surface area contributed by atoms with Gasteiger partial charge in [-0.05, 0) is 43.0 Å². The van der Waals surface area contributed by atoms with Crippen LogP contribution in [-0.4, -0.2) is 19.0 Å². The van der Waals surface area contributed by atoms with E-state index in [4.69, 9.17) is 0 Å². The second-order valence-corrected chi connectivity index (χ2v) is 5.35. The van der Waals surface area contributed by atoms with Crippen LogP contribution in [0.3, 0.4) is 0 Å². The highest BCUT2D eigenvalue weighted by molar-refractivity contribution is 5.97. The van der Waals surface area contributed by atoms with Gasteiger partial charge in [-0.1, -0.05) is 36.4 Å². The van der Waals surface area contributed by atoms with E-state index in [1.165, 1.54) is 5.56 Å². The van der Waals surface area contributed by atoms with Gasteiger partial charge < -0.3 is 10.2 Å². The molecule has 1 aliphatic heterocycles. The van der Waals surface area contributed by atoms with Crippen LogP contribution in [0.5, 0.6) is 0 Å². The van der Waals surface area contributed by atoms with E-state index < -0.39 is 0 Å². The fourth-order valence-electron chi connectivity index (χ4n) is 2.78. The van der Waals surface area contributed by atoms with Gasteiger partial charge in [-0.3, -0.25) is 4.79 Å². The quantitative estimate of drug-likeness (QED) is 0.931. The lowest BCUT2D eigenvalue weighted by atomic mass is 10.1. The number of hydrogen-bond acceptors (Lipinski definition) is 2. The van der Waals surface area contributed by atoms with Crippen molar-refractivity contribution in [3.63, 3.8) is 0 Å². The number of carbonyl (C=O) groups excluding carboxylic acids is 1. The van der Waals surface area contributed by atoms with E-state index in [0.717, 1.165) is 37.2 Å². The van der Waals surface area contributed by atoms with Gasteiger partial charge in [0.05, 0.1) is 6.54 Å². The van der Waals surface area contributed by atoms with Crippen molar-refractivity contribution in [2.75, 3.05) is 23.3 Å². The third kappa shape index (κ3) is 3.80. The molecule has 3 rings (SSSR count). The molecule has 1 aliphatic rings. The number of halogens is 1. The van der Waals surface area contributed by atoms with Crippen LogP contribution < -0.4 is 10.2 Å². The normalized spacial score (nSPS) is 13.5. The Bertz CT molecular complexity index is 615. The lowest BCUT2D eigenvalue weighted by Gasteiger charge is -2.23. The van der Waals surface area contributed by atoms with Crippen molar-refractivity contribution in [1.29, 1.82) is 0 Å². The second-order valence-electron chi connectivity index (χ2n) is 5.35. The van der Waals surface area contributed by atoms with Crippen LogP contribution in [0.15, 0.2) is 54.6 Å². The van der Waals surface area contributed by atoms with Gasteiger partial charge in [0.2, 0.25) is 5.91 Å². The maximum absolute atomic E-state index is 12.6. The largest absolute Gasteiger partial charge is 0.376 e. The molecule has 0 bridgehead atoms. The fourth-order valence-corrected chi connectivity index (χ4v) is 2.78. The molecule has 1 heterocycles. The summed E-state index contributed by atoms with van der Waals surface area (Å²) in [5, 5.41) is 3.20. The molecular weight excluding hydrogens is 296 g/mol. The van der Waals surface area contributed by atoms with Gasteiger partial charge in [-0.25, -0.2) is 0 Å². The predicted molar refractivity (Wildman–Crippen MR) is 93.9 cm³/mol. The lowest BCUT2D eigenvalue weighted by molar-refractivity contribution is -0.117. The fraction of sp³-hybridized carbons (Fsp3) is 0.278. The van der Waals surface area contributed by atoms with Crippen molar-refractivity contribution in [3.05, 3.63) is 60.2 Å². The molecule has 0 unspecified atom stereocenters. The molecule has 0 atom stereocenters. The monoisotopic (exact) mass is 316 g/mol. The Morgan fingerprint density at radius 3 is 2.55 bits per heavy atom. The average Bonchev–Trinajstić information content (AvgIpc) is 2.76. The number of nitrogens with zero attached hydrogens (tertiary/aromatic N) is 1. The van der Waals surface area contributed by atoms with E-state index in [1.54, 1.807) is 0 Å². The molecule has 0 aliphatic carbocycles. The van der Waals surface area contributed by atoms with Gasteiger partial charge in [0, 0.05) is 17.9 Å². The SMILES string of the molecule is Cl.O=C(CNc1ccccc1)N1CCCCc2ccccc21. The zero-order chi connectivity index (χ0) is 14.5. The molecule has 1 amide bonds. The summed E-state index contributed by atoms with van der Waals surface area (Å²) in [5.41, 5.74) is 3.34. The zero-order valence-corrected chi connectivity index (χ0v) is 13.3. The minimum absolute atomic E-state index is 0. The Labute approximate surface area is 137 Å². The van der Waals surface area contributed by atoms with Crippen molar-refractivity contribution in [2.24, 2.45) is 0 Å². The molecular formula is C18H21ClN2O. The molecule has 0 saturated heterocycles. The first-order valence-corrected chi connectivity index (χ1v) is 7.52. The molecule has 0 radical (unpaired) electrons. The van der Waals surface area contributed by atoms with Crippen molar-refractivity contribution in [1.82, 2.24) is 0 Å². The van der Waals surface area contributed by atoms with Gasteiger partial charge in [0.25, 0.3) is 0 Å². The molecule has 116 valence electrons.